The monoisotopic (exact) mass is 478 g/mol. The molecule has 0 saturated carbocycles. The Hall–Kier alpha value is -2.72. The van der Waals surface area contributed by atoms with Gasteiger partial charge in [0.1, 0.15) is 5.83 Å². The molecule has 0 spiro atoms. The summed E-state index contributed by atoms with van der Waals surface area (Å²) in [5, 5.41) is 6.01. The standard InChI is InChI=1S/C22H24ClFN4O3S/c1-14-21(15-5-4-6-18(11-15)32(25,30)31)19-12-16(22(29)27(2)3)7-8-20(19)28(14)13-17(24)9-10-26-23/h4-9,11-12,26H,10,13H2,1-3H3,(H2,25,30,31)/b17-9-. The van der Waals surface area contributed by atoms with Crippen molar-refractivity contribution in [2.24, 2.45) is 5.14 Å². The number of sulfonamides is 1. The number of benzene rings is 2. The van der Waals surface area contributed by atoms with Crippen LogP contribution in [0.25, 0.3) is 22.0 Å². The summed E-state index contributed by atoms with van der Waals surface area (Å²) in [7, 11) is -0.596. The number of nitrogens with two attached hydrogens (primary N) is 1. The number of allylic oxidation sites excluding steroid dienone is 1. The van der Waals surface area contributed by atoms with Gasteiger partial charge in [-0.15, -0.1) is 0 Å². The summed E-state index contributed by atoms with van der Waals surface area (Å²) in [4.78, 5) is 16.3. The van der Waals surface area contributed by atoms with Crippen LogP contribution in [0.2, 0.25) is 0 Å². The highest BCUT2D eigenvalue weighted by Crippen LogP contribution is 2.36. The molecule has 0 fully saturated rings. The largest absolute Gasteiger partial charge is 0.345 e. The first-order valence-electron chi connectivity index (χ1n) is 9.70. The molecule has 0 aliphatic heterocycles. The van der Waals surface area contributed by atoms with E-state index in [9.17, 15) is 17.6 Å². The lowest BCUT2D eigenvalue weighted by atomic mass is 10.0. The van der Waals surface area contributed by atoms with E-state index in [0.29, 0.717) is 33.3 Å². The Bertz CT molecular complexity index is 1320. The van der Waals surface area contributed by atoms with Gasteiger partial charge in [0.05, 0.1) is 11.4 Å². The van der Waals surface area contributed by atoms with Gasteiger partial charge in [-0.25, -0.2) is 22.8 Å². The van der Waals surface area contributed by atoms with Gasteiger partial charge >= 0.3 is 0 Å². The highest BCUT2D eigenvalue weighted by Gasteiger charge is 2.20. The molecule has 3 aromatic rings. The van der Waals surface area contributed by atoms with Crippen molar-refractivity contribution in [1.82, 2.24) is 14.3 Å². The lowest BCUT2D eigenvalue weighted by Crippen LogP contribution is -2.21. The molecule has 32 heavy (non-hydrogen) atoms. The van der Waals surface area contributed by atoms with E-state index in [2.05, 4.69) is 4.84 Å². The molecule has 0 unspecified atom stereocenters. The van der Waals surface area contributed by atoms with Crippen molar-refractivity contribution < 1.29 is 17.6 Å². The molecular weight excluding hydrogens is 455 g/mol. The summed E-state index contributed by atoms with van der Waals surface area (Å²) in [5.74, 6) is -0.572. The molecule has 170 valence electrons. The summed E-state index contributed by atoms with van der Waals surface area (Å²) in [6.07, 6.45) is 1.34. The highest BCUT2D eigenvalue weighted by molar-refractivity contribution is 7.89. The second-order valence-electron chi connectivity index (χ2n) is 7.54. The molecule has 0 radical (unpaired) electrons. The Balaban J connectivity index is 2.29. The van der Waals surface area contributed by atoms with Crippen molar-refractivity contribution in [1.29, 1.82) is 0 Å². The van der Waals surface area contributed by atoms with E-state index in [1.807, 2.05) is 6.92 Å². The Morgan fingerprint density at radius 2 is 1.97 bits per heavy atom. The highest BCUT2D eigenvalue weighted by atomic mass is 35.5. The minimum absolute atomic E-state index is 0.0323. The van der Waals surface area contributed by atoms with E-state index in [1.165, 1.54) is 23.1 Å². The summed E-state index contributed by atoms with van der Waals surface area (Å²) >= 11 is 5.42. The third-order valence-electron chi connectivity index (χ3n) is 5.14. The number of carbonyl (C=O) groups is 1. The smallest absolute Gasteiger partial charge is 0.253 e. The zero-order valence-corrected chi connectivity index (χ0v) is 19.5. The lowest BCUT2D eigenvalue weighted by Gasteiger charge is -2.11. The number of primary sulfonamides is 1. The van der Waals surface area contributed by atoms with Gasteiger partial charge < -0.3 is 9.47 Å². The number of carbonyl (C=O) groups excluding carboxylic acids is 1. The molecule has 7 nitrogen and oxygen atoms in total. The number of aromatic nitrogens is 1. The van der Waals surface area contributed by atoms with Crippen LogP contribution >= 0.6 is 11.8 Å². The number of fused-ring (bicyclic) bond motifs is 1. The topological polar surface area (TPSA) is 97.4 Å². The van der Waals surface area contributed by atoms with E-state index in [0.717, 1.165) is 0 Å². The maximum atomic E-state index is 14.5. The third-order valence-corrected chi connectivity index (χ3v) is 6.20. The maximum Gasteiger partial charge on any atom is 0.253 e. The molecule has 0 aliphatic rings. The first-order chi connectivity index (χ1) is 15.0. The van der Waals surface area contributed by atoms with E-state index in [4.69, 9.17) is 16.9 Å². The fraction of sp³-hybridized carbons (Fsp3) is 0.227. The Labute approximate surface area is 191 Å². The number of halogens is 2. The zero-order chi connectivity index (χ0) is 23.6. The number of hydrogen-bond acceptors (Lipinski definition) is 4. The number of amides is 1. The van der Waals surface area contributed by atoms with Gasteiger partial charge in [0.15, 0.2) is 0 Å². The predicted octanol–water partition coefficient (Wildman–Crippen LogP) is 3.56. The maximum absolute atomic E-state index is 14.5. The normalized spacial score (nSPS) is 12.4. The van der Waals surface area contributed by atoms with Gasteiger partial charge in [-0.2, -0.15) is 0 Å². The van der Waals surface area contributed by atoms with E-state index < -0.39 is 15.9 Å². The van der Waals surface area contributed by atoms with Gasteiger partial charge in [0, 0.05) is 48.4 Å². The molecule has 10 heteroatoms. The van der Waals surface area contributed by atoms with E-state index in [1.54, 1.807) is 49.0 Å². The minimum atomic E-state index is -3.91. The zero-order valence-electron chi connectivity index (χ0n) is 17.9. The fourth-order valence-electron chi connectivity index (χ4n) is 3.64. The van der Waals surface area contributed by atoms with Crippen molar-refractivity contribution in [3.05, 3.63) is 65.6 Å². The summed E-state index contributed by atoms with van der Waals surface area (Å²) < 4.78 is 40.1. The SMILES string of the molecule is Cc1c(-c2cccc(S(N)(=O)=O)c2)c2cc(C(=O)N(C)C)ccc2n1C/C(F)=C/CNCl. The summed E-state index contributed by atoms with van der Waals surface area (Å²) in [5.41, 5.74) is 3.17. The summed E-state index contributed by atoms with van der Waals surface area (Å²) in [6, 6.07) is 11.4. The van der Waals surface area contributed by atoms with E-state index in [-0.39, 0.29) is 23.9 Å². The second-order valence-corrected chi connectivity index (χ2v) is 9.37. The molecule has 3 rings (SSSR count). The molecule has 2 aromatic carbocycles. The average Bonchev–Trinajstić information content (AvgIpc) is 3.01. The van der Waals surface area contributed by atoms with Crippen molar-refractivity contribution in [2.45, 2.75) is 18.4 Å². The van der Waals surface area contributed by atoms with Crippen LogP contribution in [0.1, 0.15) is 16.1 Å². The number of nitrogens with one attached hydrogen (secondary N) is 1. The molecule has 0 atom stereocenters. The lowest BCUT2D eigenvalue weighted by molar-refractivity contribution is 0.0827. The van der Waals surface area contributed by atoms with Crippen molar-refractivity contribution >= 4 is 38.6 Å². The predicted molar refractivity (Wildman–Crippen MR) is 125 cm³/mol. The first-order valence-corrected chi connectivity index (χ1v) is 11.6. The third kappa shape index (κ3) is 4.86. The number of hydrogen-bond donors (Lipinski definition) is 2. The first kappa shape index (κ1) is 23.9. The van der Waals surface area contributed by atoms with E-state index >= 15 is 0 Å². The van der Waals surface area contributed by atoms with Crippen molar-refractivity contribution in [3.63, 3.8) is 0 Å². The van der Waals surface area contributed by atoms with Crippen LogP contribution in [0.4, 0.5) is 4.39 Å². The Morgan fingerprint density at radius 3 is 2.59 bits per heavy atom. The number of nitrogens with zero attached hydrogens (tertiary/aromatic N) is 2. The molecule has 3 N–H and O–H groups in total. The van der Waals surface area contributed by atoms with Gasteiger partial charge in [0.25, 0.3) is 5.91 Å². The van der Waals surface area contributed by atoms with Gasteiger partial charge in [-0.1, -0.05) is 12.1 Å². The Kier molecular flexibility index (Phi) is 7.04. The van der Waals surface area contributed by atoms with Crippen molar-refractivity contribution in [2.75, 3.05) is 20.6 Å². The molecule has 1 heterocycles. The fourth-order valence-corrected chi connectivity index (χ4v) is 4.27. The minimum Gasteiger partial charge on any atom is -0.345 e. The van der Waals surface area contributed by atoms with Gasteiger partial charge in [0.2, 0.25) is 10.0 Å². The average molecular weight is 479 g/mol. The quantitative estimate of drug-likeness (QED) is 0.507. The van der Waals surface area contributed by atoms with Crippen molar-refractivity contribution in [3.8, 4) is 11.1 Å². The van der Waals surface area contributed by atoms with Crippen LogP contribution in [0.3, 0.4) is 0 Å². The molecular formula is C22H24ClFN4O3S. The molecule has 0 bridgehead atoms. The van der Waals surface area contributed by atoms with Crippen LogP contribution in [0.15, 0.2) is 59.3 Å². The number of rotatable bonds is 7. The Morgan fingerprint density at radius 1 is 1.25 bits per heavy atom. The van der Waals surface area contributed by atoms with Crippen LogP contribution in [0.5, 0.6) is 0 Å². The van der Waals surface area contributed by atoms with Crippen LogP contribution in [0, 0.1) is 6.92 Å². The molecule has 0 saturated heterocycles. The van der Waals surface area contributed by atoms with Gasteiger partial charge in [-0.3, -0.25) is 4.79 Å². The van der Waals surface area contributed by atoms with Crippen LogP contribution in [-0.2, 0) is 16.6 Å². The van der Waals surface area contributed by atoms with Crippen LogP contribution in [-0.4, -0.2) is 44.4 Å². The van der Waals surface area contributed by atoms with Crippen LogP contribution < -0.4 is 9.97 Å². The second kappa shape index (κ2) is 9.41. The molecule has 1 aromatic heterocycles. The summed E-state index contributed by atoms with van der Waals surface area (Å²) in [6.45, 7) is 1.94. The van der Waals surface area contributed by atoms with Gasteiger partial charge in [-0.05, 0) is 60.7 Å². The molecule has 0 aliphatic carbocycles. The molecule has 1 amide bonds.